The minimum atomic E-state index is -3.51. The van der Waals surface area contributed by atoms with E-state index in [9.17, 15) is 8.42 Å². The molecule has 1 aliphatic heterocycles. The molecule has 1 heterocycles. The maximum atomic E-state index is 12.6. The number of anilines is 1. The zero-order valence-electron chi connectivity index (χ0n) is 11.6. The van der Waals surface area contributed by atoms with Crippen molar-refractivity contribution in [3.63, 3.8) is 0 Å². The summed E-state index contributed by atoms with van der Waals surface area (Å²) < 4.78 is 31.8. The number of benzene rings is 2. The van der Waals surface area contributed by atoms with E-state index < -0.39 is 10.0 Å². The molecule has 0 saturated carbocycles. The van der Waals surface area contributed by atoms with E-state index in [4.69, 9.17) is 10.5 Å². The van der Waals surface area contributed by atoms with Gasteiger partial charge in [-0.15, -0.1) is 0 Å². The first-order valence-corrected chi connectivity index (χ1v) is 7.96. The molecule has 0 aromatic heterocycles. The third-order valence-electron chi connectivity index (χ3n) is 3.62. The van der Waals surface area contributed by atoms with Crippen LogP contribution < -0.4 is 10.5 Å². The van der Waals surface area contributed by atoms with Gasteiger partial charge in [0, 0.05) is 18.8 Å². The molecule has 1 aliphatic rings. The molecule has 0 atom stereocenters. The predicted octanol–water partition coefficient (Wildman–Crippen LogP) is 1.98. The normalized spacial score (nSPS) is 14.9. The molecular formula is C15H16N2O3S. The summed E-state index contributed by atoms with van der Waals surface area (Å²) in [5.41, 5.74) is 8.36. The number of rotatable bonds is 3. The molecule has 3 rings (SSSR count). The summed E-state index contributed by atoms with van der Waals surface area (Å²) >= 11 is 0. The first kappa shape index (κ1) is 13.9. The summed E-state index contributed by atoms with van der Waals surface area (Å²) in [6.07, 6.45) is 0. The van der Waals surface area contributed by atoms with Gasteiger partial charge < -0.3 is 10.5 Å². The fraction of sp³-hybridized carbons (Fsp3) is 0.200. The van der Waals surface area contributed by atoms with Gasteiger partial charge in [0.15, 0.2) is 0 Å². The van der Waals surface area contributed by atoms with Gasteiger partial charge in [-0.25, -0.2) is 8.42 Å². The van der Waals surface area contributed by atoms with Crippen LogP contribution in [-0.2, 0) is 23.1 Å². The second-order valence-electron chi connectivity index (χ2n) is 4.98. The first-order chi connectivity index (χ1) is 10.0. The fourth-order valence-electron chi connectivity index (χ4n) is 2.45. The summed E-state index contributed by atoms with van der Waals surface area (Å²) in [5.74, 6) is 0.631. The lowest BCUT2D eigenvalue weighted by atomic mass is 10.1. The molecule has 5 nitrogen and oxygen atoms in total. The van der Waals surface area contributed by atoms with Crippen LogP contribution >= 0.6 is 0 Å². The predicted molar refractivity (Wildman–Crippen MR) is 80.3 cm³/mol. The molecular weight excluding hydrogens is 288 g/mol. The Hall–Kier alpha value is -2.05. The molecule has 0 bridgehead atoms. The van der Waals surface area contributed by atoms with E-state index in [0.29, 0.717) is 24.5 Å². The van der Waals surface area contributed by atoms with Crippen molar-refractivity contribution in [3.8, 4) is 5.75 Å². The summed E-state index contributed by atoms with van der Waals surface area (Å²) in [7, 11) is -1.96. The van der Waals surface area contributed by atoms with Crippen molar-refractivity contribution >= 4 is 15.7 Å². The van der Waals surface area contributed by atoms with Gasteiger partial charge in [-0.1, -0.05) is 6.07 Å². The number of methoxy groups -OCH3 is 1. The molecule has 0 amide bonds. The maximum absolute atomic E-state index is 12.6. The van der Waals surface area contributed by atoms with Gasteiger partial charge in [-0.05, 0) is 47.5 Å². The molecule has 0 aliphatic carbocycles. The maximum Gasteiger partial charge on any atom is 0.243 e. The topological polar surface area (TPSA) is 72.6 Å². The number of nitrogens with zero attached hydrogens (tertiary/aromatic N) is 1. The second-order valence-corrected chi connectivity index (χ2v) is 6.91. The van der Waals surface area contributed by atoms with Crippen molar-refractivity contribution < 1.29 is 13.2 Å². The van der Waals surface area contributed by atoms with E-state index in [1.165, 1.54) is 4.31 Å². The van der Waals surface area contributed by atoms with Gasteiger partial charge >= 0.3 is 0 Å². The van der Waals surface area contributed by atoms with Gasteiger partial charge in [0.25, 0.3) is 0 Å². The van der Waals surface area contributed by atoms with Crippen LogP contribution in [0.1, 0.15) is 11.1 Å². The number of sulfonamides is 1. The molecule has 110 valence electrons. The SMILES string of the molecule is COc1ccc(S(=O)(=O)N2Cc3ccc(N)cc3C2)cc1. The van der Waals surface area contributed by atoms with Crippen molar-refractivity contribution in [2.45, 2.75) is 18.0 Å². The van der Waals surface area contributed by atoms with Gasteiger partial charge in [0.2, 0.25) is 10.0 Å². The molecule has 0 fully saturated rings. The third kappa shape index (κ3) is 2.48. The van der Waals surface area contributed by atoms with Crippen LogP contribution in [0.25, 0.3) is 0 Å². The highest BCUT2D eigenvalue weighted by molar-refractivity contribution is 7.89. The smallest absolute Gasteiger partial charge is 0.243 e. The van der Waals surface area contributed by atoms with Gasteiger partial charge in [-0.2, -0.15) is 4.31 Å². The highest BCUT2D eigenvalue weighted by Crippen LogP contribution is 2.30. The van der Waals surface area contributed by atoms with Crippen LogP contribution in [0, 0.1) is 0 Å². The lowest BCUT2D eigenvalue weighted by molar-refractivity contribution is 0.413. The minimum absolute atomic E-state index is 0.268. The molecule has 2 aromatic carbocycles. The number of hydrogen-bond acceptors (Lipinski definition) is 4. The van der Waals surface area contributed by atoms with Gasteiger partial charge in [0.1, 0.15) is 5.75 Å². The van der Waals surface area contributed by atoms with Crippen LogP contribution in [-0.4, -0.2) is 19.8 Å². The molecule has 6 heteroatoms. The van der Waals surface area contributed by atoms with E-state index in [2.05, 4.69) is 0 Å². The monoisotopic (exact) mass is 304 g/mol. The van der Waals surface area contributed by atoms with Gasteiger partial charge in [0.05, 0.1) is 12.0 Å². The Morgan fingerprint density at radius 1 is 1.05 bits per heavy atom. The second kappa shape index (κ2) is 5.05. The number of ether oxygens (including phenoxy) is 1. The largest absolute Gasteiger partial charge is 0.497 e. The Labute approximate surface area is 124 Å². The molecule has 0 unspecified atom stereocenters. The van der Waals surface area contributed by atoms with Crippen molar-refractivity contribution in [2.24, 2.45) is 0 Å². The average Bonchev–Trinajstić information content (AvgIpc) is 2.91. The van der Waals surface area contributed by atoms with Crippen LogP contribution in [0.3, 0.4) is 0 Å². The highest BCUT2D eigenvalue weighted by Gasteiger charge is 2.30. The van der Waals surface area contributed by atoms with Crippen molar-refractivity contribution in [3.05, 3.63) is 53.6 Å². The Morgan fingerprint density at radius 2 is 1.71 bits per heavy atom. The van der Waals surface area contributed by atoms with Crippen LogP contribution in [0.4, 0.5) is 5.69 Å². The first-order valence-electron chi connectivity index (χ1n) is 6.52. The minimum Gasteiger partial charge on any atom is -0.497 e. The Balaban J connectivity index is 1.90. The Morgan fingerprint density at radius 3 is 2.38 bits per heavy atom. The lowest BCUT2D eigenvalue weighted by Gasteiger charge is -2.15. The third-order valence-corrected chi connectivity index (χ3v) is 5.43. The number of nitrogens with two attached hydrogens (primary N) is 1. The van der Waals surface area contributed by atoms with Crippen molar-refractivity contribution in [1.82, 2.24) is 4.31 Å². The summed E-state index contributed by atoms with van der Waals surface area (Å²) in [6.45, 7) is 0.735. The van der Waals surface area contributed by atoms with Crippen LogP contribution in [0.15, 0.2) is 47.4 Å². The van der Waals surface area contributed by atoms with E-state index in [1.807, 2.05) is 12.1 Å². The van der Waals surface area contributed by atoms with E-state index in [-0.39, 0.29) is 4.90 Å². The van der Waals surface area contributed by atoms with Crippen molar-refractivity contribution in [1.29, 1.82) is 0 Å². The molecule has 0 spiro atoms. The van der Waals surface area contributed by atoms with Crippen molar-refractivity contribution in [2.75, 3.05) is 12.8 Å². The Bertz CT molecular complexity index is 770. The number of fused-ring (bicyclic) bond motifs is 1. The van der Waals surface area contributed by atoms with E-state index >= 15 is 0 Å². The zero-order valence-corrected chi connectivity index (χ0v) is 12.4. The molecule has 0 saturated heterocycles. The standard InChI is InChI=1S/C15H16N2O3S/c1-20-14-4-6-15(7-5-14)21(18,19)17-9-11-2-3-13(16)8-12(11)10-17/h2-8H,9-10,16H2,1H3. The molecule has 21 heavy (non-hydrogen) atoms. The molecule has 2 N–H and O–H groups in total. The van der Waals surface area contributed by atoms with Crippen LogP contribution in [0.2, 0.25) is 0 Å². The molecule has 2 aromatic rings. The summed E-state index contributed by atoms with van der Waals surface area (Å²) in [6, 6.07) is 11.9. The van der Waals surface area contributed by atoms with Crippen LogP contribution in [0.5, 0.6) is 5.75 Å². The van der Waals surface area contributed by atoms with E-state index in [0.717, 1.165) is 11.1 Å². The fourth-order valence-corrected chi connectivity index (χ4v) is 3.85. The number of hydrogen-bond donors (Lipinski definition) is 1. The summed E-state index contributed by atoms with van der Waals surface area (Å²) in [5, 5.41) is 0. The average molecular weight is 304 g/mol. The quantitative estimate of drug-likeness (QED) is 0.880. The zero-order chi connectivity index (χ0) is 15.0. The molecule has 0 radical (unpaired) electrons. The van der Waals surface area contributed by atoms with E-state index in [1.54, 1.807) is 37.4 Å². The Kier molecular flexibility index (Phi) is 3.35. The van der Waals surface area contributed by atoms with Gasteiger partial charge in [-0.3, -0.25) is 0 Å². The lowest BCUT2D eigenvalue weighted by Crippen LogP contribution is -2.25. The number of nitrogen functional groups attached to an aromatic ring is 1. The highest BCUT2D eigenvalue weighted by atomic mass is 32.2. The summed E-state index contributed by atoms with van der Waals surface area (Å²) in [4.78, 5) is 0.268.